The van der Waals surface area contributed by atoms with Crippen molar-refractivity contribution in [3.8, 4) is 0 Å². The van der Waals surface area contributed by atoms with Gasteiger partial charge in [-0.25, -0.2) is 4.79 Å². The van der Waals surface area contributed by atoms with Crippen LogP contribution in [0.2, 0.25) is 5.02 Å². The molecule has 0 saturated heterocycles. The maximum Gasteiger partial charge on any atom is 0.335 e. The van der Waals surface area contributed by atoms with Crippen LogP contribution in [0.15, 0.2) is 18.2 Å². The van der Waals surface area contributed by atoms with Gasteiger partial charge in [0.25, 0.3) is 0 Å². The fourth-order valence-corrected chi connectivity index (χ4v) is 2.51. The zero-order chi connectivity index (χ0) is 14.6. The fraction of sp³-hybridized carbons (Fsp3) is 0.500. The summed E-state index contributed by atoms with van der Waals surface area (Å²) < 4.78 is 0. The number of rotatable bonds is 6. The van der Waals surface area contributed by atoms with Crippen LogP contribution in [0, 0.1) is 0 Å². The molecule has 4 nitrogen and oxygen atoms in total. The van der Waals surface area contributed by atoms with Gasteiger partial charge in [0.2, 0.25) is 0 Å². The summed E-state index contributed by atoms with van der Waals surface area (Å²) in [5.41, 5.74) is 1.09. The van der Waals surface area contributed by atoms with Crippen LogP contribution in [-0.2, 0) is 0 Å². The minimum atomic E-state index is -0.960. The highest BCUT2D eigenvalue weighted by molar-refractivity contribution is 6.33. The van der Waals surface area contributed by atoms with E-state index in [-0.39, 0.29) is 5.56 Å². The van der Waals surface area contributed by atoms with Gasteiger partial charge in [-0.1, -0.05) is 11.6 Å². The Morgan fingerprint density at radius 1 is 1.42 bits per heavy atom. The molecule has 1 N–H and O–H groups in total. The summed E-state index contributed by atoms with van der Waals surface area (Å²) in [6, 6.07) is 5.17. The van der Waals surface area contributed by atoms with Gasteiger partial charge in [0, 0.05) is 19.1 Å². The van der Waals surface area contributed by atoms with Crippen LogP contribution >= 0.6 is 11.6 Å². The lowest BCUT2D eigenvalue weighted by Gasteiger charge is -2.32. The van der Waals surface area contributed by atoms with E-state index >= 15 is 0 Å². The molecule has 106 valence electrons. The van der Waals surface area contributed by atoms with Gasteiger partial charge in [0.05, 0.1) is 16.3 Å². The van der Waals surface area contributed by atoms with Crippen LogP contribution in [0.4, 0.5) is 5.69 Å². The Morgan fingerprint density at radius 2 is 2.05 bits per heavy atom. The van der Waals surface area contributed by atoms with E-state index in [1.54, 1.807) is 12.1 Å². The van der Waals surface area contributed by atoms with Crippen molar-refractivity contribution in [3.05, 3.63) is 28.8 Å². The smallest absolute Gasteiger partial charge is 0.335 e. The molecule has 1 unspecified atom stereocenters. The van der Waals surface area contributed by atoms with Crippen molar-refractivity contribution in [2.45, 2.75) is 19.9 Å². The Balaban J connectivity index is 3.02. The average molecular weight is 285 g/mol. The number of carbonyl (C=O) groups is 1. The average Bonchev–Trinajstić information content (AvgIpc) is 2.30. The number of likely N-dealkylation sites (N-methyl/N-ethyl adjacent to an activating group) is 2. The number of nitrogens with zero attached hydrogens (tertiary/aromatic N) is 2. The molecule has 0 spiro atoms. The molecule has 0 heterocycles. The van der Waals surface area contributed by atoms with Gasteiger partial charge in [0.15, 0.2) is 0 Å². The third kappa shape index (κ3) is 4.11. The Morgan fingerprint density at radius 3 is 2.47 bits per heavy atom. The second-order valence-electron chi connectivity index (χ2n) is 4.87. The molecule has 1 rings (SSSR count). The Kier molecular flexibility index (Phi) is 5.63. The number of benzene rings is 1. The molecule has 1 atom stereocenters. The zero-order valence-electron chi connectivity index (χ0n) is 11.9. The molecule has 1 aromatic carbocycles. The lowest BCUT2D eigenvalue weighted by Crippen LogP contribution is -2.40. The molecule has 0 aliphatic heterocycles. The van der Waals surface area contributed by atoms with Crippen LogP contribution in [0.5, 0.6) is 0 Å². The van der Waals surface area contributed by atoms with Crippen molar-refractivity contribution in [2.75, 3.05) is 32.1 Å². The molecule has 0 amide bonds. The van der Waals surface area contributed by atoms with E-state index in [1.807, 2.05) is 14.1 Å². The van der Waals surface area contributed by atoms with Gasteiger partial charge in [-0.05, 0) is 46.1 Å². The summed E-state index contributed by atoms with van der Waals surface area (Å²) >= 11 is 6.21. The molecular formula is C14H21ClN2O2. The van der Waals surface area contributed by atoms with Crippen LogP contribution < -0.4 is 4.90 Å². The molecular weight excluding hydrogens is 264 g/mol. The summed E-state index contributed by atoms with van der Waals surface area (Å²) in [6.07, 6.45) is 0. The number of carboxylic acid groups (broad SMARTS) is 1. The first-order valence-corrected chi connectivity index (χ1v) is 6.68. The van der Waals surface area contributed by atoms with E-state index < -0.39 is 5.97 Å². The predicted octanol–water partition coefficient (Wildman–Crippen LogP) is 2.81. The topological polar surface area (TPSA) is 43.8 Å². The predicted molar refractivity (Wildman–Crippen MR) is 79.4 cm³/mol. The largest absolute Gasteiger partial charge is 0.478 e. The third-order valence-electron chi connectivity index (χ3n) is 3.01. The number of hydrogen-bond donors (Lipinski definition) is 1. The van der Waals surface area contributed by atoms with Gasteiger partial charge in [-0.15, -0.1) is 0 Å². The Bertz CT molecular complexity index is 449. The molecule has 0 radical (unpaired) electrons. The van der Waals surface area contributed by atoms with E-state index in [4.69, 9.17) is 16.7 Å². The van der Waals surface area contributed by atoms with Gasteiger partial charge in [-0.3, -0.25) is 0 Å². The van der Waals surface area contributed by atoms with Crippen LogP contribution in [-0.4, -0.2) is 49.2 Å². The summed E-state index contributed by atoms with van der Waals surface area (Å²) in [4.78, 5) is 15.2. The molecule has 5 heteroatoms. The summed E-state index contributed by atoms with van der Waals surface area (Å²) in [7, 11) is 4.05. The quantitative estimate of drug-likeness (QED) is 0.872. The van der Waals surface area contributed by atoms with Crippen LogP contribution in [0.25, 0.3) is 0 Å². The van der Waals surface area contributed by atoms with Crippen molar-refractivity contribution in [1.82, 2.24) is 4.90 Å². The van der Waals surface area contributed by atoms with Crippen molar-refractivity contribution >= 4 is 23.3 Å². The first kappa shape index (κ1) is 15.8. The number of aromatic carboxylic acids is 1. The number of carboxylic acids is 1. The maximum absolute atomic E-state index is 10.9. The lowest BCUT2D eigenvalue weighted by atomic mass is 10.1. The molecule has 19 heavy (non-hydrogen) atoms. The number of anilines is 1. The first-order valence-electron chi connectivity index (χ1n) is 6.31. The number of hydrogen-bond acceptors (Lipinski definition) is 3. The summed E-state index contributed by atoms with van der Waals surface area (Å²) in [6.45, 7) is 5.92. The van der Waals surface area contributed by atoms with Crippen molar-refractivity contribution in [1.29, 1.82) is 0 Å². The highest BCUT2D eigenvalue weighted by Gasteiger charge is 2.17. The van der Waals surface area contributed by atoms with Crippen molar-refractivity contribution < 1.29 is 9.90 Å². The highest BCUT2D eigenvalue weighted by Crippen LogP contribution is 2.28. The molecule has 1 aromatic rings. The van der Waals surface area contributed by atoms with E-state index in [0.29, 0.717) is 11.1 Å². The second kappa shape index (κ2) is 6.78. The van der Waals surface area contributed by atoms with E-state index in [9.17, 15) is 4.79 Å². The SMILES string of the molecule is CCN(c1ccc(C(=O)O)cc1Cl)C(C)CN(C)C. The molecule has 0 aliphatic rings. The van der Waals surface area contributed by atoms with E-state index in [2.05, 4.69) is 23.6 Å². The standard InChI is InChI=1S/C14H21ClN2O2/c1-5-17(10(2)9-16(3)4)13-7-6-11(14(18)19)8-12(13)15/h6-8,10H,5,9H2,1-4H3,(H,18,19). The van der Waals surface area contributed by atoms with E-state index in [0.717, 1.165) is 18.8 Å². The summed E-state index contributed by atoms with van der Waals surface area (Å²) in [5.74, 6) is -0.960. The number of halogens is 1. The molecule has 0 bridgehead atoms. The Labute approximate surface area is 119 Å². The van der Waals surface area contributed by atoms with Gasteiger partial charge in [0.1, 0.15) is 0 Å². The molecule has 0 fully saturated rings. The van der Waals surface area contributed by atoms with Gasteiger partial charge in [-0.2, -0.15) is 0 Å². The second-order valence-corrected chi connectivity index (χ2v) is 5.28. The third-order valence-corrected chi connectivity index (χ3v) is 3.31. The molecule has 0 aliphatic carbocycles. The molecule has 0 aromatic heterocycles. The summed E-state index contributed by atoms with van der Waals surface area (Å²) in [5, 5.41) is 9.42. The van der Waals surface area contributed by atoms with Crippen LogP contribution in [0.3, 0.4) is 0 Å². The van der Waals surface area contributed by atoms with Gasteiger partial charge >= 0.3 is 5.97 Å². The molecule has 0 saturated carbocycles. The minimum absolute atomic E-state index is 0.213. The van der Waals surface area contributed by atoms with Crippen molar-refractivity contribution in [2.24, 2.45) is 0 Å². The van der Waals surface area contributed by atoms with E-state index in [1.165, 1.54) is 6.07 Å². The van der Waals surface area contributed by atoms with Crippen molar-refractivity contribution in [3.63, 3.8) is 0 Å². The zero-order valence-corrected chi connectivity index (χ0v) is 12.6. The normalized spacial score (nSPS) is 12.5. The first-order chi connectivity index (χ1) is 8.86. The maximum atomic E-state index is 10.9. The Hall–Kier alpha value is -1.26. The highest BCUT2D eigenvalue weighted by atomic mass is 35.5. The fourth-order valence-electron chi connectivity index (χ4n) is 2.22. The monoisotopic (exact) mass is 284 g/mol. The minimum Gasteiger partial charge on any atom is -0.478 e. The van der Waals surface area contributed by atoms with Gasteiger partial charge < -0.3 is 14.9 Å². The lowest BCUT2D eigenvalue weighted by molar-refractivity contribution is 0.0697. The van der Waals surface area contributed by atoms with Crippen LogP contribution in [0.1, 0.15) is 24.2 Å².